The van der Waals surface area contributed by atoms with Crippen LogP contribution in [0.1, 0.15) is 39.7 Å². The molecule has 1 aromatic carbocycles. The molecule has 1 heterocycles. The zero-order valence-corrected chi connectivity index (χ0v) is 11.2. The Morgan fingerprint density at radius 2 is 2.12 bits per heavy atom. The molecule has 1 unspecified atom stereocenters. The number of aliphatic hydroxyl groups is 1. The molecule has 0 aliphatic rings. The first-order chi connectivity index (χ1) is 8.06. The summed E-state index contributed by atoms with van der Waals surface area (Å²) in [4.78, 5) is 5.49. The fraction of sp³-hybridized carbons (Fsp3) is 0.357. The molecule has 1 aromatic heterocycles. The van der Waals surface area contributed by atoms with Gasteiger partial charge in [0.15, 0.2) is 0 Å². The molecular weight excluding hydrogens is 230 g/mol. The van der Waals surface area contributed by atoms with E-state index in [4.69, 9.17) is 0 Å². The Kier molecular flexibility index (Phi) is 3.60. The zero-order valence-electron chi connectivity index (χ0n) is 10.4. The first-order valence-electron chi connectivity index (χ1n) is 5.76. The highest BCUT2D eigenvalue weighted by Crippen LogP contribution is 2.26. The lowest BCUT2D eigenvalue weighted by Gasteiger charge is -2.00. The minimum absolute atomic E-state index is 0.418. The van der Waals surface area contributed by atoms with Crippen molar-refractivity contribution in [1.29, 1.82) is 0 Å². The molecule has 0 spiro atoms. The van der Waals surface area contributed by atoms with Crippen molar-refractivity contribution >= 4 is 11.3 Å². The quantitative estimate of drug-likeness (QED) is 0.901. The number of aromatic nitrogens is 1. The van der Waals surface area contributed by atoms with Gasteiger partial charge in [-0.15, -0.1) is 11.3 Å². The molecule has 17 heavy (non-hydrogen) atoms. The lowest BCUT2D eigenvalue weighted by Crippen LogP contribution is -1.89. The molecule has 0 aliphatic carbocycles. The van der Waals surface area contributed by atoms with Gasteiger partial charge >= 0.3 is 0 Å². The molecule has 0 aliphatic heterocycles. The van der Waals surface area contributed by atoms with Gasteiger partial charge < -0.3 is 5.11 Å². The van der Waals surface area contributed by atoms with Crippen LogP contribution in [0.5, 0.6) is 0 Å². The predicted octanol–water partition coefficient (Wildman–Crippen LogP) is 3.40. The topological polar surface area (TPSA) is 33.1 Å². The average Bonchev–Trinajstić information content (AvgIpc) is 2.59. The van der Waals surface area contributed by atoms with Crippen LogP contribution in [0.3, 0.4) is 0 Å². The molecule has 3 heteroatoms. The van der Waals surface area contributed by atoms with Crippen LogP contribution in [0.2, 0.25) is 0 Å². The zero-order chi connectivity index (χ0) is 12.4. The number of rotatable bonds is 3. The molecule has 0 amide bonds. The van der Waals surface area contributed by atoms with Gasteiger partial charge in [0.2, 0.25) is 0 Å². The van der Waals surface area contributed by atoms with Gasteiger partial charge in [0.1, 0.15) is 0 Å². The van der Waals surface area contributed by atoms with E-state index < -0.39 is 6.10 Å². The van der Waals surface area contributed by atoms with E-state index in [1.54, 1.807) is 18.3 Å². The minimum atomic E-state index is -0.418. The van der Waals surface area contributed by atoms with Crippen LogP contribution in [0.25, 0.3) is 0 Å². The molecule has 1 atom stereocenters. The molecule has 0 bridgehead atoms. The fourth-order valence-corrected chi connectivity index (χ4v) is 2.96. The summed E-state index contributed by atoms with van der Waals surface area (Å²) in [7, 11) is 0. The van der Waals surface area contributed by atoms with Gasteiger partial charge in [-0.25, -0.2) is 4.98 Å². The van der Waals surface area contributed by atoms with Gasteiger partial charge in [0, 0.05) is 6.42 Å². The van der Waals surface area contributed by atoms with Crippen molar-refractivity contribution in [3.63, 3.8) is 0 Å². The van der Waals surface area contributed by atoms with Crippen LogP contribution in [0, 0.1) is 13.8 Å². The van der Waals surface area contributed by atoms with Gasteiger partial charge in [-0.05, 0) is 26.3 Å². The second-order valence-electron chi connectivity index (χ2n) is 4.40. The summed E-state index contributed by atoms with van der Waals surface area (Å²) in [5.74, 6) is 0. The molecule has 2 rings (SSSR count). The van der Waals surface area contributed by atoms with E-state index in [0.29, 0.717) is 0 Å². The molecule has 0 radical (unpaired) electrons. The maximum Gasteiger partial charge on any atom is 0.0975 e. The first kappa shape index (κ1) is 12.3. The van der Waals surface area contributed by atoms with Gasteiger partial charge in [-0.3, -0.25) is 0 Å². The third-order valence-corrected chi connectivity index (χ3v) is 4.02. The number of nitrogens with zero attached hydrogens (tertiary/aromatic N) is 1. The Bertz CT molecular complexity index is 517. The summed E-state index contributed by atoms with van der Waals surface area (Å²) < 4.78 is 0. The monoisotopic (exact) mass is 247 g/mol. The average molecular weight is 247 g/mol. The minimum Gasteiger partial charge on any atom is -0.388 e. The maximum absolute atomic E-state index is 9.60. The van der Waals surface area contributed by atoms with E-state index in [1.807, 2.05) is 6.92 Å². The highest BCUT2D eigenvalue weighted by molar-refractivity contribution is 7.11. The van der Waals surface area contributed by atoms with Gasteiger partial charge in [-0.1, -0.05) is 29.8 Å². The van der Waals surface area contributed by atoms with Crippen molar-refractivity contribution in [3.05, 3.63) is 51.0 Å². The van der Waals surface area contributed by atoms with Crippen molar-refractivity contribution in [3.8, 4) is 0 Å². The number of hydrogen-bond acceptors (Lipinski definition) is 3. The van der Waals surface area contributed by atoms with Crippen LogP contribution in [-0.2, 0) is 6.42 Å². The highest BCUT2D eigenvalue weighted by atomic mass is 32.1. The van der Waals surface area contributed by atoms with Crippen molar-refractivity contribution in [2.75, 3.05) is 0 Å². The molecule has 2 aromatic rings. The summed E-state index contributed by atoms with van der Waals surface area (Å²) in [5.41, 5.74) is 3.50. The predicted molar refractivity (Wildman–Crippen MR) is 71.5 cm³/mol. The van der Waals surface area contributed by atoms with Crippen molar-refractivity contribution in [2.45, 2.75) is 33.3 Å². The number of aliphatic hydroxyl groups excluding tert-OH is 1. The second kappa shape index (κ2) is 4.98. The molecule has 0 saturated heterocycles. The Morgan fingerprint density at radius 1 is 1.35 bits per heavy atom. The van der Waals surface area contributed by atoms with Crippen molar-refractivity contribution in [2.24, 2.45) is 0 Å². The Hall–Kier alpha value is -1.19. The molecule has 2 nitrogen and oxygen atoms in total. The van der Waals surface area contributed by atoms with E-state index in [9.17, 15) is 5.11 Å². The molecule has 0 fully saturated rings. The van der Waals surface area contributed by atoms with E-state index in [2.05, 4.69) is 36.2 Å². The SMILES string of the molecule is Cc1cccc(Cc2nc(C)c(C(C)O)s2)c1. The van der Waals surface area contributed by atoms with Crippen LogP contribution < -0.4 is 0 Å². The number of aryl methyl sites for hydroxylation is 2. The van der Waals surface area contributed by atoms with Crippen molar-refractivity contribution in [1.82, 2.24) is 4.98 Å². The summed E-state index contributed by atoms with van der Waals surface area (Å²) in [6.45, 7) is 5.84. The third-order valence-electron chi connectivity index (χ3n) is 2.69. The largest absolute Gasteiger partial charge is 0.388 e. The number of hydrogen-bond donors (Lipinski definition) is 1. The van der Waals surface area contributed by atoms with Crippen LogP contribution >= 0.6 is 11.3 Å². The van der Waals surface area contributed by atoms with E-state index in [0.717, 1.165) is 22.0 Å². The molecule has 0 saturated carbocycles. The smallest absolute Gasteiger partial charge is 0.0975 e. The molecular formula is C14H17NOS. The lowest BCUT2D eigenvalue weighted by molar-refractivity contribution is 0.202. The summed E-state index contributed by atoms with van der Waals surface area (Å²) >= 11 is 1.61. The van der Waals surface area contributed by atoms with Gasteiger partial charge in [0.25, 0.3) is 0 Å². The normalized spacial score (nSPS) is 12.7. The molecule has 90 valence electrons. The van der Waals surface area contributed by atoms with Crippen LogP contribution in [-0.4, -0.2) is 10.1 Å². The summed E-state index contributed by atoms with van der Waals surface area (Å²) in [6, 6.07) is 8.46. The second-order valence-corrected chi connectivity index (χ2v) is 5.51. The van der Waals surface area contributed by atoms with Gasteiger partial charge in [-0.2, -0.15) is 0 Å². The standard InChI is InChI=1S/C14H17NOS/c1-9-5-4-6-12(7-9)8-13-15-10(2)14(17-13)11(3)16/h4-7,11,16H,8H2,1-3H3. The number of thiazole rings is 1. The van der Waals surface area contributed by atoms with E-state index in [1.165, 1.54) is 11.1 Å². The summed E-state index contributed by atoms with van der Waals surface area (Å²) in [6.07, 6.45) is 0.429. The van der Waals surface area contributed by atoms with Crippen molar-refractivity contribution < 1.29 is 5.11 Å². The van der Waals surface area contributed by atoms with Gasteiger partial charge in [0.05, 0.1) is 21.7 Å². The fourth-order valence-electron chi connectivity index (χ4n) is 1.93. The third kappa shape index (κ3) is 2.93. The molecule has 1 N–H and O–H groups in total. The van der Waals surface area contributed by atoms with E-state index in [-0.39, 0.29) is 0 Å². The number of benzene rings is 1. The summed E-state index contributed by atoms with van der Waals surface area (Å²) in [5, 5.41) is 10.7. The van der Waals surface area contributed by atoms with E-state index >= 15 is 0 Å². The first-order valence-corrected chi connectivity index (χ1v) is 6.57. The van der Waals surface area contributed by atoms with Crippen LogP contribution in [0.15, 0.2) is 24.3 Å². The van der Waals surface area contributed by atoms with Crippen LogP contribution in [0.4, 0.5) is 0 Å². The Balaban J connectivity index is 2.22. The Labute approximate surface area is 106 Å². The lowest BCUT2D eigenvalue weighted by atomic mass is 10.1. The highest BCUT2D eigenvalue weighted by Gasteiger charge is 2.12. The Morgan fingerprint density at radius 3 is 2.71 bits per heavy atom. The maximum atomic E-state index is 9.60.